The number of nitrogens with one attached hydrogen (secondary N) is 2. The van der Waals surface area contributed by atoms with Gasteiger partial charge in [0.2, 0.25) is 0 Å². The van der Waals surface area contributed by atoms with Crippen molar-refractivity contribution in [3.63, 3.8) is 0 Å². The number of aromatic nitrogens is 2. The smallest absolute Gasteiger partial charge is 0.262 e. The highest BCUT2D eigenvalue weighted by Crippen LogP contribution is 2.22. The second-order valence-electron chi connectivity index (χ2n) is 7.29. The van der Waals surface area contributed by atoms with Gasteiger partial charge in [-0.15, -0.1) is 0 Å². The van der Waals surface area contributed by atoms with Gasteiger partial charge in [-0.3, -0.25) is 14.5 Å². The van der Waals surface area contributed by atoms with Crippen LogP contribution in [0.15, 0.2) is 29.2 Å². The fourth-order valence-corrected chi connectivity index (χ4v) is 5.70. The Morgan fingerprint density at radius 3 is 2.74 bits per heavy atom. The van der Waals surface area contributed by atoms with E-state index in [0.717, 1.165) is 25.9 Å². The molecule has 2 aromatic rings. The van der Waals surface area contributed by atoms with Crippen molar-refractivity contribution in [1.29, 1.82) is 0 Å². The summed E-state index contributed by atoms with van der Waals surface area (Å²) in [6, 6.07) is 5.19. The molecule has 0 radical (unpaired) electrons. The van der Waals surface area contributed by atoms with Gasteiger partial charge in [0.25, 0.3) is 11.5 Å². The minimum Gasteiger partial charge on any atom is -0.349 e. The van der Waals surface area contributed by atoms with Crippen LogP contribution in [-0.2, 0) is 9.84 Å². The number of likely N-dealkylation sites (tertiary alicyclic amines) is 1. The maximum atomic E-state index is 12.6. The van der Waals surface area contributed by atoms with Crippen molar-refractivity contribution in [2.45, 2.75) is 31.3 Å². The van der Waals surface area contributed by atoms with Gasteiger partial charge in [-0.25, -0.2) is 13.4 Å². The van der Waals surface area contributed by atoms with E-state index >= 15 is 0 Å². The third-order valence-electron chi connectivity index (χ3n) is 5.45. The van der Waals surface area contributed by atoms with Crippen molar-refractivity contribution < 1.29 is 13.2 Å². The summed E-state index contributed by atoms with van der Waals surface area (Å²) in [4.78, 5) is 33.7. The van der Waals surface area contributed by atoms with Crippen LogP contribution >= 0.6 is 0 Å². The molecule has 27 heavy (non-hydrogen) atoms. The predicted molar refractivity (Wildman–Crippen MR) is 101 cm³/mol. The van der Waals surface area contributed by atoms with Crippen molar-refractivity contribution in [2.24, 2.45) is 0 Å². The Morgan fingerprint density at radius 1 is 1.26 bits per heavy atom. The number of hydrogen-bond acceptors (Lipinski definition) is 6. The first-order chi connectivity index (χ1) is 12.9. The maximum Gasteiger partial charge on any atom is 0.262 e. The maximum absolute atomic E-state index is 12.6. The highest BCUT2D eigenvalue weighted by atomic mass is 32.2. The lowest BCUT2D eigenvalue weighted by molar-refractivity contribution is 0.0896. The van der Waals surface area contributed by atoms with Crippen LogP contribution in [0.25, 0.3) is 11.0 Å². The Labute approximate surface area is 156 Å². The van der Waals surface area contributed by atoms with Gasteiger partial charge < -0.3 is 10.3 Å². The Hall–Kier alpha value is -2.26. The van der Waals surface area contributed by atoms with Crippen LogP contribution in [0.1, 0.15) is 29.6 Å². The molecule has 1 amide bonds. The molecule has 8 nitrogen and oxygen atoms in total. The van der Waals surface area contributed by atoms with Gasteiger partial charge in [-0.2, -0.15) is 0 Å². The number of carbonyl (C=O) groups excluding carboxylic acids is 1. The largest absolute Gasteiger partial charge is 0.349 e. The summed E-state index contributed by atoms with van der Waals surface area (Å²) in [6.45, 7) is 1.51. The zero-order valence-corrected chi connectivity index (χ0v) is 15.7. The Kier molecular flexibility index (Phi) is 4.73. The zero-order valence-electron chi connectivity index (χ0n) is 14.8. The highest BCUT2D eigenvalue weighted by molar-refractivity contribution is 7.91. The van der Waals surface area contributed by atoms with Crippen LogP contribution in [0.3, 0.4) is 0 Å². The standard InChI is InChI=1S/C18H22N4O4S/c23-17(15-10-12-2-1-6-19-16(12)21-18(15)24)20-13-3-7-22(8-4-13)14-5-9-27(25,26)11-14/h1-2,6,10,13-14H,3-5,7-9,11H2,(H,20,23)(H,19,21,24)/t14-/m1/s1. The Bertz CT molecular complexity index is 1030. The van der Waals surface area contributed by atoms with E-state index in [-0.39, 0.29) is 35.1 Å². The average Bonchev–Trinajstić information content (AvgIpc) is 3.01. The molecule has 0 spiro atoms. The topological polar surface area (TPSA) is 112 Å². The Balaban J connectivity index is 1.39. The summed E-state index contributed by atoms with van der Waals surface area (Å²) in [5.74, 6) is 0.127. The number of carbonyl (C=O) groups is 1. The SMILES string of the molecule is O=C(NC1CCN([C@@H]2CCS(=O)(=O)C2)CC1)c1cc2cccnc2[nH]c1=O. The number of aromatic amines is 1. The fourth-order valence-electron chi connectivity index (χ4n) is 3.94. The third-order valence-corrected chi connectivity index (χ3v) is 7.20. The number of hydrogen-bond donors (Lipinski definition) is 2. The minimum absolute atomic E-state index is 0.0178. The average molecular weight is 390 g/mol. The number of nitrogens with zero attached hydrogens (tertiary/aromatic N) is 2. The zero-order chi connectivity index (χ0) is 19.0. The van der Waals surface area contributed by atoms with Gasteiger partial charge in [-0.1, -0.05) is 0 Å². The van der Waals surface area contributed by atoms with Crippen LogP contribution < -0.4 is 10.9 Å². The Morgan fingerprint density at radius 2 is 2.04 bits per heavy atom. The molecule has 2 saturated heterocycles. The van der Waals surface area contributed by atoms with Gasteiger partial charge in [0.05, 0.1) is 11.5 Å². The van der Waals surface area contributed by atoms with E-state index in [4.69, 9.17) is 0 Å². The molecule has 0 bridgehead atoms. The number of fused-ring (bicyclic) bond motifs is 1. The molecule has 2 fully saturated rings. The molecule has 0 aliphatic carbocycles. The summed E-state index contributed by atoms with van der Waals surface area (Å²) in [5.41, 5.74) is 0.0889. The van der Waals surface area contributed by atoms with E-state index in [0.29, 0.717) is 17.5 Å². The van der Waals surface area contributed by atoms with Crippen LogP contribution in [-0.4, -0.2) is 65.9 Å². The molecule has 2 aliphatic rings. The molecule has 0 unspecified atom stereocenters. The van der Waals surface area contributed by atoms with Gasteiger partial charge in [0.1, 0.15) is 11.2 Å². The van der Waals surface area contributed by atoms with E-state index in [1.807, 2.05) is 0 Å². The van der Waals surface area contributed by atoms with Crippen molar-refractivity contribution in [1.82, 2.24) is 20.2 Å². The lowest BCUT2D eigenvalue weighted by Crippen LogP contribution is -2.48. The molecule has 2 aromatic heterocycles. The van der Waals surface area contributed by atoms with Gasteiger partial charge in [0, 0.05) is 36.8 Å². The first kappa shape index (κ1) is 18.1. The molecule has 2 aliphatic heterocycles. The molecular formula is C18H22N4O4S. The van der Waals surface area contributed by atoms with Gasteiger partial charge in [-0.05, 0) is 37.5 Å². The number of sulfone groups is 1. The quantitative estimate of drug-likeness (QED) is 0.780. The van der Waals surface area contributed by atoms with E-state index < -0.39 is 15.4 Å². The van der Waals surface area contributed by atoms with Crippen LogP contribution in [0.2, 0.25) is 0 Å². The van der Waals surface area contributed by atoms with E-state index in [9.17, 15) is 18.0 Å². The summed E-state index contributed by atoms with van der Waals surface area (Å²) in [7, 11) is -2.89. The van der Waals surface area contributed by atoms with Crippen molar-refractivity contribution in [2.75, 3.05) is 24.6 Å². The van der Waals surface area contributed by atoms with E-state index in [2.05, 4.69) is 20.2 Å². The molecule has 9 heteroatoms. The van der Waals surface area contributed by atoms with Crippen molar-refractivity contribution in [3.05, 3.63) is 40.3 Å². The number of piperidine rings is 1. The highest BCUT2D eigenvalue weighted by Gasteiger charge is 2.34. The summed E-state index contributed by atoms with van der Waals surface area (Å²) in [6.07, 6.45) is 3.77. The lowest BCUT2D eigenvalue weighted by atomic mass is 10.0. The van der Waals surface area contributed by atoms with Crippen LogP contribution in [0.4, 0.5) is 0 Å². The van der Waals surface area contributed by atoms with E-state index in [1.54, 1.807) is 24.4 Å². The summed E-state index contributed by atoms with van der Waals surface area (Å²) in [5, 5.41) is 3.65. The summed E-state index contributed by atoms with van der Waals surface area (Å²) >= 11 is 0. The third kappa shape index (κ3) is 3.89. The van der Waals surface area contributed by atoms with E-state index in [1.165, 1.54) is 0 Å². The first-order valence-electron chi connectivity index (χ1n) is 9.15. The van der Waals surface area contributed by atoms with Crippen molar-refractivity contribution in [3.8, 4) is 0 Å². The predicted octanol–water partition coefficient (Wildman–Crippen LogP) is 0.304. The molecule has 4 heterocycles. The number of amides is 1. The first-order valence-corrected chi connectivity index (χ1v) is 11.0. The van der Waals surface area contributed by atoms with Gasteiger partial charge in [0.15, 0.2) is 9.84 Å². The van der Waals surface area contributed by atoms with Gasteiger partial charge >= 0.3 is 0 Å². The molecule has 1 atom stereocenters. The number of pyridine rings is 2. The lowest BCUT2D eigenvalue weighted by Gasteiger charge is -2.35. The number of H-pyrrole nitrogens is 1. The minimum atomic E-state index is -2.89. The number of rotatable bonds is 3. The van der Waals surface area contributed by atoms with Crippen LogP contribution in [0, 0.1) is 0 Å². The van der Waals surface area contributed by atoms with Crippen LogP contribution in [0.5, 0.6) is 0 Å². The molecule has 144 valence electrons. The molecular weight excluding hydrogens is 368 g/mol. The molecule has 0 saturated carbocycles. The second kappa shape index (κ2) is 7.05. The molecule has 2 N–H and O–H groups in total. The second-order valence-corrected chi connectivity index (χ2v) is 9.52. The molecule has 0 aromatic carbocycles. The van der Waals surface area contributed by atoms with Crippen molar-refractivity contribution >= 4 is 26.8 Å². The normalized spacial score (nSPS) is 23.5. The summed E-state index contributed by atoms with van der Waals surface area (Å²) < 4.78 is 23.3. The molecule has 4 rings (SSSR count). The monoisotopic (exact) mass is 390 g/mol. The fraction of sp³-hybridized carbons (Fsp3) is 0.500.